The molecule has 0 saturated carbocycles. The topological polar surface area (TPSA) is 60.3 Å². The average Bonchev–Trinajstić information content (AvgIpc) is 2.83. The summed E-state index contributed by atoms with van der Waals surface area (Å²) in [6, 6.07) is 14.7. The molecule has 0 unspecified atom stereocenters. The fourth-order valence-corrected chi connectivity index (χ4v) is 3.18. The summed E-state index contributed by atoms with van der Waals surface area (Å²) in [7, 11) is 0. The van der Waals surface area contributed by atoms with Crippen molar-refractivity contribution in [3.05, 3.63) is 61.8 Å². The van der Waals surface area contributed by atoms with Gasteiger partial charge in [-0.15, -0.1) is 0 Å². The predicted octanol–water partition coefficient (Wildman–Crippen LogP) is 3.87. The summed E-state index contributed by atoms with van der Waals surface area (Å²) >= 11 is 3.32. The third-order valence-corrected chi connectivity index (χ3v) is 4.67. The molecule has 7 heteroatoms. The summed E-state index contributed by atoms with van der Waals surface area (Å²) in [6.07, 6.45) is -0.594. The molecule has 0 aliphatic rings. The van der Waals surface area contributed by atoms with E-state index in [4.69, 9.17) is 4.74 Å². The Morgan fingerprint density at radius 2 is 1.91 bits per heavy atom. The number of carbonyl (C=O) groups excluding carboxylic acids is 1. The van der Waals surface area contributed by atoms with Gasteiger partial charge in [-0.25, -0.2) is 4.79 Å². The fourth-order valence-electron chi connectivity index (χ4n) is 1.95. The van der Waals surface area contributed by atoms with Crippen LogP contribution in [-0.2, 0) is 11.5 Å². The summed E-state index contributed by atoms with van der Waals surface area (Å²) in [5, 5.41) is 2.62. The number of carbonyl (C=O) groups is 1. The maximum atomic E-state index is 11.9. The quantitative estimate of drug-likeness (QED) is 0.647. The highest BCUT2D eigenvalue weighted by atomic mass is 127. The minimum atomic E-state index is -0.594. The smallest absolute Gasteiger partial charge is 0.413 e. The van der Waals surface area contributed by atoms with Gasteiger partial charge >= 0.3 is 11.0 Å². The van der Waals surface area contributed by atoms with Gasteiger partial charge in [0.25, 0.3) is 0 Å². The van der Waals surface area contributed by atoms with Gasteiger partial charge in [0.2, 0.25) is 0 Å². The van der Waals surface area contributed by atoms with Gasteiger partial charge in [-0.05, 0) is 59.0 Å². The zero-order valence-corrected chi connectivity index (χ0v) is 14.3. The van der Waals surface area contributed by atoms with Crippen LogP contribution in [0.1, 0.15) is 0 Å². The first-order chi connectivity index (χ1) is 10.6. The van der Waals surface area contributed by atoms with Gasteiger partial charge in [-0.1, -0.05) is 23.5 Å². The van der Waals surface area contributed by atoms with Crippen molar-refractivity contribution in [2.75, 3.05) is 5.32 Å². The van der Waals surface area contributed by atoms with Crippen LogP contribution in [0, 0.1) is 3.57 Å². The van der Waals surface area contributed by atoms with Crippen molar-refractivity contribution < 1.29 is 9.53 Å². The van der Waals surface area contributed by atoms with Gasteiger partial charge in [0.15, 0.2) is 6.73 Å². The molecule has 3 aromatic rings. The second-order valence-electron chi connectivity index (χ2n) is 4.46. The lowest BCUT2D eigenvalue weighted by atomic mass is 10.3. The lowest BCUT2D eigenvalue weighted by molar-refractivity contribution is 0.129. The Morgan fingerprint density at radius 1 is 1.18 bits per heavy atom. The van der Waals surface area contributed by atoms with E-state index >= 15 is 0 Å². The molecule has 0 aliphatic carbocycles. The molecule has 1 N–H and O–H groups in total. The molecule has 0 aliphatic heterocycles. The first kappa shape index (κ1) is 15.0. The Labute approximate surface area is 143 Å². The van der Waals surface area contributed by atoms with Crippen molar-refractivity contribution >= 4 is 55.9 Å². The maximum absolute atomic E-state index is 11.9. The highest BCUT2D eigenvalue weighted by molar-refractivity contribution is 14.1. The molecule has 5 nitrogen and oxygen atoms in total. The van der Waals surface area contributed by atoms with E-state index in [2.05, 4.69) is 27.9 Å². The number of fused-ring (bicyclic) bond motifs is 1. The number of nitrogens with zero attached hydrogens (tertiary/aromatic N) is 1. The number of ether oxygens (including phenoxy) is 1. The lowest BCUT2D eigenvalue weighted by Crippen LogP contribution is -2.20. The van der Waals surface area contributed by atoms with Crippen LogP contribution in [0.5, 0.6) is 0 Å². The second kappa shape index (κ2) is 6.49. The summed E-state index contributed by atoms with van der Waals surface area (Å²) < 4.78 is 8.51. The van der Waals surface area contributed by atoms with Crippen LogP contribution < -0.4 is 10.2 Å². The third kappa shape index (κ3) is 3.30. The van der Waals surface area contributed by atoms with Crippen molar-refractivity contribution in [1.82, 2.24) is 4.57 Å². The maximum Gasteiger partial charge on any atom is 0.413 e. The number of nitrogens with one attached hydrogen (secondary N) is 1. The Bertz CT molecular complexity index is 870. The summed E-state index contributed by atoms with van der Waals surface area (Å²) in [4.78, 5) is 23.6. The minimum absolute atomic E-state index is 0.112. The first-order valence-corrected chi connectivity index (χ1v) is 8.31. The molecule has 3 rings (SSSR count). The van der Waals surface area contributed by atoms with Crippen molar-refractivity contribution in [2.45, 2.75) is 6.73 Å². The second-order valence-corrected chi connectivity index (χ2v) is 6.70. The average molecular weight is 426 g/mol. The largest absolute Gasteiger partial charge is 0.427 e. The van der Waals surface area contributed by atoms with Crippen molar-refractivity contribution in [3.8, 4) is 0 Å². The van der Waals surface area contributed by atoms with Gasteiger partial charge < -0.3 is 4.74 Å². The minimum Gasteiger partial charge on any atom is -0.427 e. The van der Waals surface area contributed by atoms with Crippen molar-refractivity contribution in [3.63, 3.8) is 0 Å². The molecule has 112 valence electrons. The van der Waals surface area contributed by atoms with Crippen LogP contribution in [-0.4, -0.2) is 10.7 Å². The van der Waals surface area contributed by atoms with Crippen LogP contribution >= 0.6 is 33.9 Å². The van der Waals surface area contributed by atoms with Gasteiger partial charge in [0.05, 0.1) is 10.2 Å². The van der Waals surface area contributed by atoms with E-state index in [0.717, 1.165) is 25.1 Å². The van der Waals surface area contributed by atoms with Gasteiger partial charge in [-0.3, -0.25) is 14.7 Å². The molecule has 0 fully saturated rings. The van der Waals surface area contributed by atoms with Crippen LogP contribution in [0.15, 0.2) is 53.3 Å². The number of amides is 1. The van der Waals surface area contributed by atoms with Crippen molar-refractivity contribution in [1.29, 1.82) is 0 Å². The third-order valence-electron chi connectivity index (χ3n) is 2.99. The number of para-hydroxylation sites is 1. The number of benzene rings is 2. The van der Waals surface area contributed by atoms with Gasteiger partial charge in [0.1, 0.15) is 0 Å². The van der Waals surface area contributed by atoms with Crippen LogP contribution in [0.3, 0.4) is 0 Å². The summed E-state index contributed by atoms with van der Waals surface area (Å²) in [5.74, 6) is 0. The molecule has 1 aromatic heterocycles. The molecule has 0 bridgehead atoms. The normalized spacial score (nSPS) is 10.6. The van der Waals surface area contributed by atoms with Crippen LogP contribution in [0.4, 0.5) is 10.5 Å². The number of anilines is 1. The van der Waals surface area contributed by atoms with Gasteiger partial charge in [-0.2, -0.15) is 0 Å². The molecule has 0 saturated heterocycles. The SMILES string of the molecule is O=C(Nc1ccc(I)cc1)OCn1c(=O)sc2ccccc21. The Morgan fingerprint density at radius 3 is 2.68 bits per heavy atom. The number of aromatic nitrogens is 1. The molecular weight excluding hydrogens is 415 g/mol. The molecule has 1 heterocycles. The summed E-state index contributed by atoms with van der Waals surface area (Å²) in [5.41, 5.74) is 1.41. The number of rotatable bonds is 3. The number of hydrogen-bond acceptors (Lipinski definition) is 4. The Balaban J connectivity index is 1.68. The van der Waals surface area contributed by atoms with Crippen LogP contribution in [0.25, 0.3) is 10.2 Å². The van der Waals surface area contributed by atoms with Gasteiger partial charge in [0, 0.05) is 9.26 Å². The van der Waals surface area contributed by atoms with E-state index in [0.29, 0.717) is 5.69 Å². The molecule has 0 spiro atoms. The molecule has 0 atom stereocenters. The molecule has 1 amide bonds. The van der Waals surface area contributed by atoms with E-state index in [1.165, 1.54) is 4.57 Å². The molecule has 2 aromatic carbocycles. The fraction of sp³-hybridized carbons (Fsp3) is 0.0667. The first-order valence-electron chi connectivity index (χ1n) is 6.41. The van der Waals surface area contributed by atoms with E-state index in [-0.39, 0.29) is 11.6 Å². The Hall–Kier alpha value is -1.87. The molecule has 0 radical (unpaired) electrons. The highest BCUT2D eigenvalue weighted by Crippen LogP contribution is 2.16. The Kier molecular flexibility index (Phi) is 4.44. The molecule has 22 heavy (non-hydrogen) atoms. The van der Waals surface area contributed by atoms with Crippen LogP contribution in [0.2, 0.25) is 0 Å². The van der Waals surface area contributed by atoms with E-state index in [9.17, 15) is 9.59 Å². The monoisotopic (exact) mass is 426 g/mol. The zero-order chi connectivity index (χ0) is 15.5. The number of hydrogen-bond donors (Lipinski definition) is 1. The molecular formula is C15H11IN2O3S. The summed E-state index contributed by atoms with van der Waals surface area (Å²) in [6.45, 7) is -0.112. The predicted molar refractivity (Wildman–Crippen MR) is 95.3 cm³/mol. The van der Waals surface area contributed by atoms with E-state index < -0.39 is 6.09 Å². The standard InChI is InChI=1S/C15H11IN2O3S/c16-10-5-7-11(8-6-10)17-14(19)21-9-18-12-3-1-2-4-13(12)22-15(18)20/h1-8H,9H2,(H,17,19). The lowest BCUT2D eigenvalue weighted by Gasteiger charge is -2.08. The number of halogens is 1. The highest BCUT2D eigenvalue weighted by Gasteiger charge is 2.09. The van der Waals surface area contributed by atoms with E-state index in [1.54, 1.807) is 12.1 Å². The van der Waals surface area contributed by atoms with E-state index in [1.807, 2.05) is 36.4 Å². The van der Waals surface area contributed by atoms with Crippen molar-refractivity contribution in [2.24, 2.45) is 0 Å². The zero-order valence-electron chi connectivity index (χ0n) is 11.3. The number of thiazole rings is 1.